The third kappa shape index (κ3) is 6.19. The van der Waals surface area contributed by atoms with Crippen molar-refractivity contribution in [3.8, 4) is 5.75 Å². The summed E-state index contributed by atoms with van der Waals surface area (Å²) >= 11 is 0. The topological polar surface area (TPSA) is 44.7 Å². The molecule has 0 aliphatic rings. The number of likely N-dealkylation sites (N-methyl/N-ethyl adjacent to an activating group) is 1. The van der Waals surface area contributed by atoms with Crippen molar-refractivity contribution in [2.24, 2.45) is 0 Å². The van der Waals surface area contributed by atoms with E-state index in [9.17, 15) is 5.11 Å². The minimum absolute atomic E-state index is 0.495. The summed E-state index contributed by atoms with van der Waals surface area (Å²) in [6.45, 7) is 7.79. The molecule has 0 spiro atoms. The molecule has 0 radical (unpaired) electrons. The molecule has 1 aromatic carbocycles. The summed E-state index contributed by atoms with van der Waals surface area (Å²) in [7, 11) is 3.90. The molecule has 1 rings (SSSR count). The van der Waals surface area contributed by atoms with Gasteiger partial charge in [-0.25, -0.2) is 0 Å². The van der Waals surface area contributed by atoms with Crippen LogP contribution in [-0.4, -0.2) is 49.4 Å². The Morgan fingerprint density at radius 2 is 2.10 bits per heavy atom. The van der Waals surface area contributed by atoms with Crippen molar-refractivity contribution in [2.45, 2.75) is 19.1 Å². The summed E-state index contributed by atoms with van der Waals surface area (Å²) in [5.74, 6) is 0.854. The minimum Gasteiger partial charge on any atom is -0.489 e. The Balaban J connectivity index is 2.51. The van der Waals surface area contributed by atoms with Crippen molar-refractivity contribution in [2.75, 3.05) is 33.8 Å². The zero-order chi connectivity index (χ0) is 15.0. The van der Waals surface area contributed by atoms with Gasteiger partial charge < -0.3 is 20.1 Å². The fourth-order valence-corrected chi connectivity index (χ4v) is 2.14. The third-order valence-electron chi connectivity index (χ3n) is 2.81. The van der Waals surface area contributed by atoms with E-state index in [0.717, 1.165) is 11.3 Å². The first-order valence-corrected chi connectivity index (χ1v) is 6.84. The van der Waals surface area contributed by atoms with Crippen LogP contribution in [0.15, 0.2) is 36.9 Å². The summed E-state index contributed by atoms with van der Waals surface area (Å²) in [6.07, 6.45) is 1.73. The number of para-hydroxylation sites is 1. The Kier molecular flexibility index (Phi) is 6.71. The van der Waals surface area contributed by atoms with E-state index >= 15 is 0 Å². The Morgan fingerprint density at radius 3 is 2.75 bits per heavy atom. The first kappa shape index (κ1) is 16.7. The number of nitrogens with one attached hydrogen (secondary N) is 1. The molecule has 0 bridgehead atoms. The molecule has 1 atom stereocenters. The second-order valence-corrected chi connectivity index (χ2v) is 5.55. The number of rotatable bonds is 9. The van der Waals surface area contributed by atoms with Crippen molar-refractivity contribution < 1.29 is 9.84 Å². The van der Waals surface area contributed by atoms with E-state index in [1.165, 1.54) is 0 Å². The number of aliphatic hydroxyl groups is 1. The average molecular weight is 278 g/mol. The van der Waals surface area contributed by atoms with Crippen molar-refractivity contribution in [3.05, 3.63) is 42.5 Å². The molecule has 4 heteroatoms. The number of ether oxygens (including phenoxy) is 1. The molecule has 0 saturated heterocycles. The minimum atomic E-state index is -0.750. The molecule has 0 aliphatic heterocycles. The first-order chi connectivity index (χ1) is 9.44. The molecule has 2 N–H and O–H groups in total. The molecule has 0 fully saturated rings. The van der Waals surface area contributed by atoms with E-state index in [4.69, 9.17) is 4.74 Å². The lowest BCUT2D eigenvalue weighted by Gasteiger charge is -2.27. The normalized spacial score (nSPS) is 14.1. The Morgan fingerprint density at radius 1 is 1.40 bits per heavy atom. The lowest BCUT2D eigenvalue weighted by atomic mass is 10.1. The fourth-order valence-electron chi connectivity index (χ4n) is 2.14. The highest BCUT2D eigenvalue weighted by atomic mass is 16.5. The third-order valence-corrected chi connectivity index (χ3v) is 2.81. The molecule has 1 unspecified atom stereocenters. The fraction of sp³-hybridized carbons (Fsp3) is 0.500. The maximum Gasteiger partial charge on any atom is 0.124 e. The van der Waals surface area contributed by atoms with Gasteiger partial charge in [-0.3, -0.25) is 0 Å². The van der Waals surface area contributed by atoms with Gasteiger partial charge in [0.05, 0.1) is 5.60 Å². The monoisotopic (exact) mass is 278 g/mol. The number of hydrogen-bond acceptors (Lipinski definition) is 4. The van der Waals surface area contributed by atoms with Crippen LogP contribution in [0.3, 0.4) is 0 Å². The molecular weight excluding hydrogens is 252 g/mol. The Hall–Kier alpha value is -1.36. The predicted octanol–water partition coefficient (Wildman–Crippen LogP) is 1.65. The van der Waals surface area contributed by atoms with Crippen LogP contribution in [0, 0.1) is 0 Å². The van der Waals surface area contributed by atoms with E-state index in [1.54, 1.807) is 6.08 Å². The quantitative estimate of drug-likeness (QED) is 0.674. The average Bonchev–Trinajstić information content (AvgIpc) is 2.36. The molecule has 0 saturated carbocycles. The van der Waals surface area contributed by atoms with E-state index in [0.29, 0.717) is 26.2 Å². The van der Waals surface area contributed by atoms with E-state index in [-0.39, 0.29) is 0 Å². The maximum atomic E-state index is 10.2. The van der Waals surface area contributed by atoms with Gasteiger partial charge in [0.25, 0.3) is 0 Å². The van der Waals surface area contributed by atoms with Crippen LogP contribution in [0.25, 0.3) is 0 Å². The molecule has 4 nitrogen and oxygen atoms in total. The second-order valence-electron chi connectivity index (χ2n) is 5.55. The molecule has 0 aromatic heterocycles. The standard InChI is InChI=1S/C16H26N2O2/c1-5-10-20-15-9-7-6-8-14(15)11-17-12-16(2,19)13-18(3)4/h5-9,17,19H,1,10-13H2,2-4H3. The van der Waals surface area contributed by atoms with Gasteiger partial charge in [-0.15, -0.1) is 0 Å². The number of hydrogen-bond donors (Lipinski definition) is 2. The largest absolute Gasteiger partial charge is 0.489 e. The highest BCUT2D eigenvalue weighted by Crippen LogP contribution is 2.17. The molecule has 1 aromatic rings. The molecule has 0 amide bonds. The van der Waals surface area contributed by atoms with Gasteiger partial charge in [0.2, 0.25) is 0 Å². The predicted molar refractivity (Wildman–Crippen MR) is 83.0 cm³/mol. The Bertz CT molecular complexity index is 417. The van der Waals surface area contributed by atoms with Gasteiger partial charge in [0.1, 0.15) is 12.4 Å². The smallest absolute Gasteiger partial charge is 0.124 e. The highest BCUT2D eigenvalue weighted by molar-refractivity contribution is 5.33. The molecule has 0 aliphatic carbocycles. The van der Waals surface area contributed by atoms with Gasteiger partial charge in [0, 0.05) is 25.2 Å². The second kappa shape index (κ2) is 8.04. The van der Waals surface area contributed by atoms with Gasteiger partial charge in [0.15, 0.2) is 0 Å². The number of nitrogens with zero attached hydrogens (tertiary/aromatic N) is 1. The summed E-state index contributed by atoms with van der Waals surface area (Å²) in [5, 5.41) is 13.5. The SMILES string of the molecule is C=CCOc1ccccc1CNCC(C)(O)CN(C)C. The van der Waals surface area contributed by atoms with Crippen LogP contribution in [0.2, 0.25) is 0 Å². The van der Waals surface area contributed by atoms with E-state index in [1.807, 2.05) is 50.2 Å². The first-order valence-electron chi connectivity index (χ1n) is 6.84. The van der Waals surface area contributed by atoms with Crippen LogP contribution in [0.4, 0.5) is 0 Å². The highest BCUT2D eigenvalue weighted by Gasteiger charge is 2.20. The maximum absolute atomic E-state index is 10.2. The summed E-state index contributed by atoms with van der Waals surface area (Å²) in [6, 6.07) is 7.89. The summed E-state index contributed by atoms with van der Waals surface area (Å²) < 4.78 is 5.60. The van der Waals surface area contributed by atoms with Crippen LogP contribution in [-0.2, 0) is 6.54 Å². The molecule has 20 heavy (non-hydrogen) atoms. The summed E-state index contributed by atoms with van der Waals surface area (Å²) in [5.41, 5.74) is 0.329. The zero-order valence-electron chi connectivity index (χ0n) is 12.7. The Labute approximate surface area is 122 Å². The van der Waals surface area contributed by atoms with Gasteiger partial charge >= 0.3 is 0 Å². The zero-order valence-corrected chi connectivity index (χ0v) is 12.7. The van der Waals surface area contributed by atoms with Crippen molar-refractivity contribution in [3.63, 3.8) is 0 Å². The molecular formula is C16H26N2O2. The molecule has 112 valence electrons. The lowest BCUT2D eigenvalue weighted by Crippen LogP contribution is -2.45. The van der Waals surface area contributed by atoms with Crippen molar-refractivity contribution >= 4 is 0 Å². The van der Waals surface area contributed by atoms with Crippen LogP contribution >= 0.6 is 0 Å². The van der Waals surface area contributed by atoms with Crippen molar-refractivity contribution in [1.82, 2.24) is 10.2 Å². The van der Waals surface area contributed by atoms with E-state index < -0.39 is 5.60 Å². The van der Waals surface area contributed by atoms with Crippen LogP contribution < -0.4 is 10.1 Å². The number of benzene rings is 1. The van der Waals surface area contributed by atoms with Crippen LogP contribution in [0.5, 0.6) is 5.75 Å². The van der Waals surface area contributed by atoms with E-state index in [2.05, 4.69) is 11.9 Å². The van der Waals surface area contributed by atoms with Gasteiger partial charge in [-0.05, 0) is 27.1 Å². The van der Waals surface area contributed by atoms with Crippen LogP contribution in [0.1, 0.15) is 12.5 Å². The van der Waals surface area contributed by atoms with Crippen molar-refractivity contribution in [1.29, 1.82) is 0 Å². The lowest BCUT2D eigenvalue weighted by molar-refractivity contribution is 0.0335. The van der Waals surface area contributed by atoms with Gasteiger partial charge in [-0.2, -0.15) is 0 Å². The molecule has 0 heterocycles. The van der Waals surface area contributed by atoms with Gasteiger partial charge in [-0.1, -0.05) is 30.9 Å². The summed E-state index contributed by atoms with van der Waals surface area (Å²) in [4.78, 5) is 1.98.